The summed E-state index contributed by atoms with van der Waals surface area (Å²) < 4.78 is 5.43. The van der Waals surface area contributed by atoms with Gasteiger partial charge >= 0.3 is 5.97 Å². The van der Waals surface area contributed by atoms with Gasteiger partial charge in [-0.25, -0.2) is 0 Å². The maximum atomic E-state index is 12.3. The van der Waals surface area contributed by atoms with Gasteiger partial charge in [0.1, 0.15) is 0 Å². The highest BCUT2D eigenvalue weighted by atomic mass is 16.5. The van der Waals surface area contributed by atoms with Crippen molar-refractivity contribution in [1.82, 2.24) is 5.32 Å². The van der Waals surface area contributed by atoms with Crippen LogP contribution in [0.15, 0.2) is 36.5 Å². The second-order valence-electron chi connectivity index (χ2n) is 14.7. The Kier molecular flexibility index (Phi) is 39.3. The standard InChI is InChI=1S/C45H83NO5/c1-3-5-7-9-11-13-15-16-17-18-23-27-31-35-39-45(50)51-40-36-32-28-24-20-19-22-26-30-34-38-44(49)46-42(41-47)43(48)37-33-29-25-21-14-12-10-8-6-4-2/h9,11,15-16,33,37,42-43,47-48H,3-8,10,12-14,17-32,34-36,38-41H2,1-2H3,(H,46,49)/b11-9-,16-15-,37-33+. The smallest absolute Gasteiger partial charge is 0.305 e. The molecule has 0 aliphatic carbocycles. The van der Waals surface area contributed by atoms with Gasteiger partial charge in [0, 0.05) is 12.8 Å². The first-order valence-corrected chi connectivity index (χ1v) is 21.8. The molecule has 51 heavy (non-hydrogen) atoms. The van der Waals surface area contributed by atoms with E-state index >= 15 is 0 Å². The summed E-state index contributed by atoms with van der Waals surface area (Å²) >= 11 is 0. The molecule has 0 bridgehead atoms. The Balaban J connectivity index is 3.53. The number of carbonyl (C=O) groups excluding carboxylic acids is 2. The van der Waals surface area contributed by atoms with Crippen molar-refractivity contribution in [3.05, 3.63) is 36.5 Å². The topological polar surface area (TPSA) is 95.9 Å². The van der Waals surface area contributed by atoms with Crippen LogP contribution < -0.4 is 5.32 Å². The number of aliphatic hydroxyl groups excluding tert-OH is 2. The minimum Gasteiger partial charge on any atom is -0.466 e. The van der Waals surface area contributed by atoms with E-state index in [1.165, 1.54) is 116 Å². The van der Waals surface area contributed by atoms with Crippen LogP contribution in [0.25, 0.3) is 0 Å². The number of amides is 1. The molecule has 0 radical (unpaired) electrons. The molecule has 0 aromatic rings. The molecule has 2 unspecified atom stereocenters. The third-order valence-electron chi connectivity index (χ3n) is 9.66. The number of hydrogen-bond acceptors (Lipinski definition) is 5. The SMILES string of the molecule is CCCC/C=C\C/C=C\CCCCCCCC(=O)OCCCCCCCCCCCCC(=O)NC(CO)C(O)/C=C/CCCCCCCCCC. The van der Waals surface area contributed by atoms with Gasteiger partial charge in [0.25, 0.3) is 0 Å². The molecule has 6 nitrogen and oxygen atoms in total. The molecule has 6 heteroatoms. The van der Waals surface area contributed by atoms with Crippen molar-refractivity contribution in [2.24, 2.45) is 0 Å². The number of ether oxygens (including phenoxy) is 1. The fourth-order valence-electron chi connectivity index (χ4n) is 6.23. The van der Waals surface area contributed by atoms with Crippen LogP contribution in [-0.2, 0) is 14.3 Å². The van der Waals surface area contributed by atoms with Crippen LogP contribution in [0.5, 0.6) is 0 Å². The molecule has 298 valence electrons. The molecular weight excluding hydrogens is 634 g/mol. The van der Waals surface area contributed by atoms with Crippen LogP contribution >= 0.6 is 0 Å². The minimum atomic E-state index is -0.858. The number of carbonyl (C=O) groups is 2. The fraction of sp³-hybridized carbons (Fsp3) is 0.822. The molecule has 0 saturated heterocycles. The normalized spacial score (nSPS) is 13.1. The first kappa shape index (κ1) is 49.1. The number of unbranched alkanes of at least 4 members (excludes halogenated alkanes) is 24. The number of nitrogens with one attached hydrogen (secondary N) is 1. The van der Waals surface area contributed by atoms with E-state index in [4.69, 9.17) is 4.74 Å². The zero-order valence-electron chi connectivity index (χ0n) is 33.6. The van der Waals surface area contributed by atoms with Crippen molar-refractivity contribution in [2.75, 3.05) is 13.2 Å². The van der Waals surface area contributed by atoms with Crippen LogP contribution in [0.4, 0.5) is 0 Å². The second-order valence-corrected chi connectivity index (χ2v) is 14.7. The number of aliphatic hydroxyl groups is 2. The largest absolute Gasteiger partial charge is 0.466 e. The van der Waals surface area contributed by atoms with Crippen LogP contribution in [0, 0.1) is 0 Å². The molecule has 0 aliphatic rings. The molecule has 0 saturated carbocycles. The molecule has 0 rings (SSSR count). The quantitative estimate of drug-likeness (QED) is 0.0334. The molecule has 0 fully saturated rings. The third-order valence-corrected chi connectivity index (χ3v) is 9.66. The Morgan fingerprint density at radius 1 is 0.549 bits per heavy atom. The predicted octanol–water partition coefficient (Wildman–Crippen LogP) is 12.2. The molecule has 3 N–H and O–H groups in total. The fourth-order valence-corrected chi connectivity index (χ4v) is 6.23. The number of hydrogen-bond donors (Lipinski definition) is 3. The zero-order valence-corrected chi connectivity index (χ0v) is 33.6. The van der Waals surface area contributed by atoms with Crippen molar-refractivity contribution in [2.45, 2.75) is 225 Å². The van der Waals surface area contributed by atoms with E-state index in [0.29, 0.717) is 19.4 Å². The molecule has 1 amide bonds. The van der Waals surface area contributed by atoms with E-state index in [9.17, 15) is 19.8 Å². The lowest BCUT2D eigenvalue weighted by atomic mass is 10.1. The molecule has 2 atom stereocenters. The summed E-state index contributed by atoms with van der Waals surface area (Å²) in [6.45, 7) is 4.76. The Morgan fingerprint density at radius 3 is 1.55 bits per heavy atom. The highest BCUT2D eigenvalue weighted by molar-refractivity contribution is 5.76. The van der Waals surface area contributed by atoms with Crippen molar-refractivity contribution in [3.63, 3.8) is 0 Å². The van der Waals surface area contributed by atoms with Gasteiger partial charge in [-0.2, -0.15) is 0 Å². The van der Waals surface area contributed by atoms with E-state index in [2.05, 4.69) is 43.5 Å². The Bertz CT molecular complexity index is 838. The molecule has 0 spiro atoms. The van der Waals surface area contributed by atoms with E-state index < -0.39 is 12.1 Å². The molecule has 0 aromatic heterocycles. The lowest BCUT2D eigenvalue weighted by Gasteiger charge is -2.20. The van der Waals surface area contributed by atoms with Gasteiger partial charge in [0.15, 0.2) is 0 Å². The molecule has 0 aliphatic heterocycles. The Morgan fingerprint density at radius 2 is 1.00 bits per heavy atom. The summed E-state index contributed by atoms with van der Waals surface area (Å²) in [6, 6.07) is -0.643. The first-order valence-electron chi connectivity index (χ1n) is 21.8. The summed E-state index contributed by atoms with van der Waals surface area (Å²) in [5.74, 6) is -0.133. The number of allylic oxidation sites excluding steroid dienone is 5. The Labute approximate surface area is 315 Å². The van der Waals surface area contributed by atoms with E-state index in [1.54, 1.807) is 6.08 Å². The monoisotopic (exact) mass is 718 g/mol. The summed E-state index contributed by atoms with van der Waals surface area (Å²) in [5.41, 5.74) is 0. The van der Waals surface area contributed by atoms with Gasteiger partial charge in [-0.15, -0.1) is 0 Å². The van der Waals surface area contributed by atoms with E-state index in [0.717, 1.165) is 70.6 Å². The van der Waals surface area contributed by atoms with Crippen molar-refractivity contribution >= 4 is 11.9 Å². The highest BCUT2D eigenvalue weighted by Crippen LogP contribution is 2.13. The lowest BCUT2D eigenvalue weighted by molar-refractivity contribution is -0.143. The van der Waals surface area contributed by atoms with Crippen molar-refractivity contribution < 1.29 is 24.5 Å². The average Bonchev–Trinajstić information content (AvgIpc) is 3.13. The van der Waals surface area contributed by atoms with E-state index in [1.807, 2.05) is 6.08 Å². The summed E-state index contributed by atoms with van der Waals surface area (Å²) in [7, 11) is 0. The summed E-state index contributed by atoms with van der Waals surface area (Å²) in [5, 5.41) is 22.9. The van der Waals surface area contributed by atoms with Gasteiger partial charge in [-0.3, -0.25) is 9.59 Å². The molecule has 0 aromatic carbocycles. The predicted molar refractivity (Wildman–Crippen MR) is 218 cm³/mol. The average molecular weight is 718 g/mol. The van der Waals surface area contributed by atoms with Crippen molar-refractivity contribution in [3.8, 4) is 0 Å². The summed E-state index contributed by atoms with van der Waals surface area (Å²) in [4.78, 5) is 24.3. The van der Waals surface area contributed by atoms with Crippen LogP contribution in [0.2, 0.25) is 0 Å². The zero-order chi connectivity index (χ0) is 37.3. The van der Waals surface area contributed by atoms with Gasteiger partial charge in [-0.1, -0.05) is 179 Å². The van der Waals surface area contributed by atoms with Gasteiger partial charge < -0.3 is 20.3 Å². The van der Waals surface area contributed by atoms with Crippen molar-refractivity contribution in [1.29, 1.82) is 0 Å². The number of esters is 1. The lowest BCUT2D eigenvalue weighted by Crippen LogP contribution is -2.45. The maximum absolute atomic E-state index is 12.3. The van der Waals surface area contributed by atoms with E-state index in [-0.39, 0.29) is 18.5 Å². The highest BCUT2D eigenvalue weighted by Gasteiger charge is 2.18. The Hall–Kier alpha value is -1.92. The van der Waals surface area contributed by atoms with Gasteiger partial charge in [0.05, 0.1) is 25.4 Å². The van der Waals surface area contributed by atoms with Crippen LogP contribution in [0.3, 0.4) is 0 Å². The van der Waals surface area contributed by atoms with Gasteiger partial charge in [-0.05, 0) is 57.8 Å². The second kappa shape index (κ2) is 40.8. The van der Waals surface area contributed by atoms with Crippen LogP contribution in [0.1, 0.15) is 213 Å². The van der Waals surface area contributed by atoms with Gasteiger partial charge in [0.2, 0.25) is 5.91 Å². The minimum absolute atomic E-state index is 0.0371. The first-order chi connectivity index (χ1) is 25.0. The third kappa shape index (κ3) is 37.6. The summed E-state index contributed by atoms with van der Waals surface area (Å²) in [6.07, 6.45) is 46.9. The molecule has 0 heterocycles. The van der Waals surface area contributed by atoms with Crippen LogP contribution in [-0.4, -0.2) is 47.4 Å². The molecular formula is C45H83NO5. The maximum Gasteiger partial charge on any atom is 0.305 e. The number of rotatable bonds is 39.